The van der Waals surface area contributed by atoms with Crippen molar-refractivity contribution in [2.24, 2.45) is 0 Å². The number of nitrogens with zero attached hydrogens (tertiary/aromatic N) is 1. The van der Waals surface area contributed by atoms with E-state index in [2.05, 4.69) is 27.7 Å². The van der Waals surface area contributed by atoms with Gasteiger partial charge in [0.05, 0.1) is 16.8 Å². The maximum atomic E-state index is 12.4. The highest BCUT2D eigenvalue weighted by atomic mass is 35.5. The Morgan fingerprint density at radius 3 is 2.96 bits per heavy atom. The van der Waals surface area contributed by atoms with Crippen molar-refractivity contribution < 1.29 is 9.53 Å². The molecular weight excluding hydrogens is 391 g/mol. The second-order valence-corrected chi connectivity index (χ2v) is 8.25. The summed E-state index contributed by atoms with van der Waals surface area (Å²) in [6.07, 6.45) is 2.86. The van der Waals surface area contributed by atoms with Crippen LogP contribution in [0.25, 0.3) is 0 Å². The van der Waals surface area contributed by atoms with E-state index < -0.39 is 0 Å². The van der Waals surface area contributed by atoms with E-state index in [9.17, 15) is 4.79 Å². The number of nitrogens with one attached hydrogen (secondary N) is 1. The van der Waals surface area contributed by atoms with Gasteiger partial charge in [-0.3, -0.25) is 9.69 Å². The maximum absolute atomic E-state index is 12.4. The molecule has 1 saturated heterocycles. The minimum Gasteiger partial charge on any atom is -0.377 e. The molecule has 0 aliphatic carbocycles. The summed E-state index contributed by atoms with van der Waals surface area (Å²) >= 11 is 13.8. The zero-order valence-corrected chi connectivity index (χ0v) is 16.7. The summed E-state index contributed by atoms with van der Waals surface area (Å²) in [7, 11) is 0. The van der Waals surface area contributed by atoms with Gasteiger partial charge in [-0.1, -0.05) is 29.3 Å². The van der Waals surface area contributed by atoms with Gasteiger partial charge in [-0.15, -0.1) is 11.3 Å². The van der Waals surface area contributed by atoms with E-state index in [-0.39, 0.29) is 12.0 Å². The first-order valence-electron chi connectivity index (χ1n) is 8.71. The second kappa shape index (κ2) is 9.72. The van der Waals surface area contributed by atoms with E-state index in [1.165, 1.54) is 4.88 Å². The lowest BCUT2D eigenvalue weighted by atomic mass is 10.2. The number of carbonyl (C=O) groups is 1. The van der Waals surface area contributed by atoms with E-state index >= 15 is 0 Å². The number of halogens is 2. The van der Waals surface area contributed by atoms with Gasteiger partial charge in [0, 0.05) is 42.6 Å². The van der Waals surface area contributed by atoms with Crippen molar-refractivity contribution in [1.29, 1.82) is 0 Å². The molecule has 1 aromatic carbocycles. The summed E-state index contributed by atoms with van der Waals surface area (Å²) in [5.74, 6) is -0.0716. The van der Waals surface area contributed by atoms with E-state index in [0.717, 1.165) is 32.5 Å². The molecule has 1 atom stereocenters. The van der Waals surface area contributed by atoms with E-state index in [4.69, 9.17) is 27.9 Å². The minimum atomic E-state index is -0.0716. The highest BCUT2D eigenvalue weighted by Gasteiger charge is 2.20. The smallest absolute Gasteiger partial charge is 0.225 e. The molecule has 2 aromatic rings. The number of hydrogen-bond donors (Lipinski definition) is 1. The third-order valence-corrected chi connectivity index (χ3v) is 5.73. The molecule has 4 nitrogen and oxygen atoms in total. The maximum Gasteiger partial charge on any atom is 0.225 e. The fourth-order valence-corrected chi connectivity index (χ4v) is 4.08. The molecule has 1 unspecified atom stereocenters. The van der Waals surface area contributed by atoms with Crippen molar-refractivity contribution >= 4 is 46.1 Å². The van der Waals surface area contributed by atoms with Crippen LogP contribution in [0.3, 0.4) is 0 Å². The number of thiophene rings is 1. The van der Waals surface area contributed by atoms with E-state index in [1.54, 1.807) is 29.5 Å². The lowest BCUT2D eigenvalue weighted by Crippen LogP contribution is -2.34. The van der Waals surface area contributed by atoms with Crippen LogP contribution in [0, 0.1) is 0 Å². The van der Waals surface area contributed by atoms with Crippen molar-refractivity contribution in [3.05, 3.63) is 50.6 Å². The average Bonchev–Trinajstić information content (AvgIpc) is 3.30. The standard InChI is InChI=1S/C19H22Cl2N2O2S/c20-14-5-6-17(21)18(11-14)22-19(24)7-8-23(12-15-3-1-9-25-15)13-16-4-2-10-26-16/h2,4-6,10-11,15H,1,3,7-9,12-13H2,(H,22,24). The summed E-state index contributed by atoms with van der Waals surface area (Å²) in [4.78, 5) is 15.9. The SMILES string of the molecule is O=C(CCN(Cc1cccs1)CC1CCCO1)Nc1cc(Cl)ccc1Cl. The van der Waals surface area contributed by atoms with Gasteiger partial charge in [-0.2, -0.15) is 0 Å². The van der Waals surface area contributed by atoms with Crippen LogP contribution in [0.5, 0.6) is 0 Å². The average molecular weight is 413 g/mol. The summed E-state index contributed by atoms with van der Waals surface area (Å²) in [5, 5.41) is 5.95. The predicted octanol–water partition coefficient (Wildman–Crippen LogP) is 5.06. The van der Waals surface area contributed by atoms with Gasteiger partial charge in [0.2, 0.25) is 5.91 Å². The normalized spacial score (nSPS) is 17.0. The van der Waals surface area contributed by atoms with Crippen LogP contribution in [0.2, 0.25) is 10.0 Å². The number of hydrogen-bond acceptors (Lipinski definition) is 4. The largest absolute Gasteiger partial charge is 0.377 e. The number of carbonyl (C=O) groups excluding carboxylic acids is 1. The zero-order valence-electron chi connectivity index (χ0n) is 14.4. The Balaban J connectivity index is 1.55. The Labute approximate surface area is 168 Å². The molecule has 0 radical (unpaired) electrons. The highest BCUT2D eigenvalue weighted by molar-refractivity contribution is 7.09. The minimum absolute atomic E-state index is 0.0716. The number of benzene rings is 1. The monoisotopic (exact) mass is 412 g/mol. The van der Waals surface area contributed by atoms with Crippen LogP contribution in [0.15, 0.2) is 35.7 Å². The molecule has 3 rings (SSSR count). The van der Waals surface area contributed by atoms with Crippen LogP contribution in [-0.2, 0) is 16.1 Å². The van der Waals surface area contributed by atoms with E-state index in [0.29, 0.717) is 28.7 Å². The Bertz CT molecular complexity index is 718. The molecule has 0 saturated carbocycles. The summed E-state index contributed by atoms with van der Waals surface area (Å²) in [6, 6.07) is 9.22. The molecule has 1 amide bonds. The molecule has 1 aliphatic heterocycles. The summed E-state index contributed by atoms with van der Waals surface area (Å²) in [6.45, 7) is 3.19. The molecular formula is C19H22Cl2N2O2S. The number of amides is 1. The summed E-state index contributed by atoms with van der Waals surface area (Å²) in [5.41, 5.74) is 0.549. The van der Waals surface area contributed by atoms with Crippen molar-refractivity contribution in [2.45, 2.75) is 31.9 Å². The van der Waals surface area contributed by atoms with Crippen LogP contribution < -0.4 is 5.32 Å². The molecule has 0 spiro atoms. The quantitative estimate of drug-likeness (QED) is 0.658. The fourth-order valence-electron chi connectivity index (χ4n) is 3.00. The lowest BCUT2D eigenvalue weighted by molar-refractivity contribution is -0.116. The molecule has 2 heterocycles. The Hall–Kier alpha value is -1.11. The Morgan fingerprint density at radius 2 is 2.23 bits per heavy atom. The predicted molar refractivity (Wildman–Crippen MR) is 108 cm³/mol. The van der Waals surface area contributed by atoms with Gasteiger partial charge in [0.25, 0.3) is 0 Å². The number of rotatable bonds is 8. The zero-order chi connectivity index (χ0) is 18.4. The van der Waals surface area contributed by atoms with E-state index in [1.807, 2.05) is 0 Å². The molecule has 26 heavy (non-hydrogen) atoms. The van der Waals surface area contributed by atoms with Crippen molar-refractivity contribution in [3.63, 3.8) is 0 Å². The molecule has 140 valence electrons. The first-order chi connectivity index (χ1) is 12.6. The fraction of sp³-hybridized carbons (Fsp3) is 0.421. The van der Waals surface area contributed by atoms with Gasteiger partial charge in [0.1, 0.15) is 0 Å². The first-order valence-corrected chi connectivity index (χ1v) is 10.3. The molecule has 7 heteroatoms. The molecule has 1 aromatic heterocycles. The Morgan fingerprint density at radius 1 is 1.35 bits per heavy atom. The summed E-state index contributed by atoms with van der Waals surface area (Å²) < 4.78 is 5.76. The van der Waals surface area contributed by atoms with Crippen LogP contribution in [-0.4, -0.2) is 36.6 Å². The van der Waals surface area contributed by atoms with Gasteiger partial charge >= 0.3 is 0 Å². The highest BCUT2D eigenvalue weighted by Crippen LogP contribution is 2.25. The lowest BCUT2D eigenvalue weighted by Gasteiger charge is -2.24. The molecule has 1 fully saturated rings. The third-order valence-electron chi connectivity index (χ3n) is 4.30. The molecule has 0 bridgehead atoms. The second-order valence-electron chi connectivity index (χ2n) is 6.37. The van der Waals surface area contributed by atoms with Gasteiger partial charge in [0.15, 0.2) is 0 Å². The molecule has 1 N–H and O–H groups in total. The Kier molecular flexibility index (Phi) is 7.34. The van der Waals surface area contributed by atoms with Crippen molar-refractivity contribution in [2.75, 3.05) is 25.0 Å². The molecule has 1 aliphatic rings. The van der Waals surface area contributed by atoms with Gasteiger partial charge in [-0.25, -0.2) is 0 Å². The number of anilines is 1. The van der Waals surface area contributed by atoms with Crippen LogP contribution in [0.4, 0.5) is 5.69 Å². The number of ether oxygens (including phenoxy) is 1. The van der Waals surface area contributed by atoms with Crippen molar-refractivity contribution in [1.82, 2.24) is 4.90 Å². The topological polar surface area (TPSA) is 41.6 Å². The third kappa shape index (κ3) is 5.96. The van der Waals surface area contributed by atoms with Crippen LogP contribution in [0.1, 0.15) is 24.1 Å². The van der Waals surface area contributed by atoms with Crippen molar-refractivity contribution in [3.8, 4) is 0 Å². The van der Waals surface area contributed by atoms with Gasteiger partial charge < -0.3 is 10.1 Å². The van der Waals surface area contributed by atoms with Crippen LogP contribution >= 0.6 is 34.5 Å². The van der Waals surface area contributed by atoms with Gasteiger partial charge in [-0.05, 0) is 42.5 Å². The first kappa shape index (κ1) is 19.6.